The lowest BCUT2D eigenvalue weighted by atomic mass is 9.92. The molecule has 1 atom stereocenters. The fraction of sp³-hybridized carbons (Fsp3) is 0.538. The number of rotatable bonds is 3. The molecule has 1 aliphatic carbocycles. The normalized spacial score (nSPS) is 21.7. The first-order valence-electron chi connectivity index (χ1n) is 6.49. The molecule has 4 nitrogen and oxygen atoms in total. The quantitative estimate of drug-likeness (QED) is 0.601. The van der Waals surface area contributed by atoms with Crippen LogP contribution in [0.1, 0.15) is 33.1 Å². The molecular formula is C13H17BrClFN2O2S. The molecule has 1 aliphatic rings. The Morgan fingerprint density at radius 3 is 2.67 bits per heavy atom. The van der Waals surface area contributed by atoms with Crippen molar-refractivity contribution in [2.45, 2.75) is 44.0 Å². The van der Waals surface area contributed by atoms with Gasteiger partial charge in [-0.25, -0.2) is 17.5 Å². The second kappa shape index (κ2) is 5.68. The smallest absolute Gasteiger partial charge is 0.243 e. The Kier molecular flexibility index (Phi) is 4.60. The number of benzene rings is 1. The number of halogens is 3. The first-order chi connectivity index (χ1) is 9.53. The molecule has 0 saturated heterocycles. The van der Waals surface area contributed by atoms with Crippen molar-refractivity contribution >= 4 is 43.2 Å². The van der Waals surface area contributed by atoms with Gasteiger partial charge in [0.2, 0.25) is 10.0 Å². The summed E-state index contributed by atoms with van der Waals surface area (Å²) in [6.45, 7) is 4.16. The summed E-state index contributed by atoms with van der Waals surface area (Å²) in [6.07, 6.45) is 2.37. The van der Waals surface area contributed by atoms with Gasteiger partial charge in [0, 0.05) is 6.04 Å². The van der Waals surface area contributed by atoms with Crippen molar-refractivity contribution in [1.82, 2.24) is 4.72 Å². The van der Waals surface area contributed by atoms with Crippen LogP contribution in [0.5, 0.6) is 0 Å². The first kappa shape index (κ1) is 17.0. The Morgan fingerprint density at radius 1 is 1.52 bits per heavy atom. The van der Waals surface area contributed by atoms with Crippen molar-refractivity contribution in [3.8, 4) is 0 Å². The van der Waals surface area contributed by atoms with E-state index in [0.29, 0.717) is 6.42 Å². The van der Waals surface area contributed by atoms with Gasteiger partial charge >= 0.3 is 0 Å². The zero-order chi connectivity index (χ0) is 16.0. The minimum absolute atomic E-state index is 0.0565. The molecule has 21 heavy (non-hydrogen) atoms. The van der Waals surface area contributed by atoms with Crippen LogP contribution < -0.4 is 10.5 Å². The van der Waals surface area contributed by atoms with Crippen LogP contribution in [-0.2, 0) is 10.0 Å². The van der Waals surface area contributed by atoms with Crippen molar-refractivity contribution < 1.29 is 12.8 Å². The molecule has 0 amide bonds. The lowest BCUT2D eigenvalue weighted by molar-refractivity contribution is 0.372. The Balaban J connectivity index is 2.33. The highest BCUT2D eigenvalue weighted by molar-refractivity contribution is 9.10. The van der Waals surface area contributed by atoms with E-state index >= 15 is 0 Å². The number of anilines is 1. The molecule has 2 rings (SSSR count). The first-order valence-corrected chi connectivity index (χ1v) is 9.14. The van der Waals surface area contributed by atoms with E-state index < -0.39 is 20.7 Å². The van der Waals surface area contributed by atoms with Crippen LogP contribution in [0.25, 0.3) is 0 Å². The molecule has 1 aromatic carbocycles. The van der Waals surface area contributed by atoms with E-state index in [1.807, 2.05) is 0 Å². The highest BCUT2D eigenvalue weighted by Crippen LogP contribution is 2.38. The monoisotopic (exact) mass is 398 g/mol. The van der Waals surface area contributed by atoms with Crippen LogP contribution in [0.2, 0.25) is 5.02 Å². The lowest BCUT2D eigenvalue weighted by Gasteiger charge is -2.18. The van der Waals surface area contributed by atoms with Crippen molar-refractivity contribution in [1.29, 1.82) is 0 Å². The van der Waals surface area contributed by atoms with Gasteiger partial charge in [-0.2, -0.15) is 0 Å². The van der Waals surface area contributed by atoms with E-state index in [0.717, 1.165) is 18.9 Å². The van der Waals surface area contributed by atoms with Gasteiger partial charge in [0.05, 0.1) is 15.2 Å². The highest BCUT2D eigenvalue weighted by Gasteiger charge is 2.34. The fourth-order valence-electron chi connectivity index (χ4n) is 2.61. The van der Waals surface area contributed by atoms with Crippen LogP contribution >= 0.6 is 27.5 Å². The van der Waals surface area contributed by atoms with Crippen molar-refractivity contribution in [2.24, 2.45) is 5.41 Å². The summed E-state index contributed by atoms with van der Waals surface area (Å²) in [4.78, 5) is -0.516. The average molecular weight is 400 g/mol. The Morgan fingerprint density at radius 2 is 2.14 bits per heavy atom. The van der Waals surface area contributed by atoms with Crippen molar-refractivity contribution in [3.63, 3.8) is 0 Å². The summed E-state index contributed by atoms with van der Waals surface area (Å²) >= 11 is 8.90. The summed E-state index contributed by atoms with van der Waals surface area (Å²) in [7, 11) is -4.00. The average Bonchev–Trinajstić information content (AvgIpc) is 2.69. The van der Waals surface area contributed by atoms with Gasteiger partial charge in [0.15, 0.2) is 5.82 Å². The fourth-order valence-corrected chi connectivity index (χ4v) is 4.56. The SMILES string of the molecule is CC1(C)CCC(NS(=O)(=O)c2cc(Cl)c(Br)c(N)c2F)C1. The number of hydrogen-bond acceptors (Lipinski definition) is 3. The maximum absolute atomic E-state index is 14.1. The van der Waals surface area contributed by atoms with Gasteiger partial charge < -0.3 is 5.73 Å². The van der Waals surface area contributed by atoms with Gasteiger partial charge in [-0.05, 0) is 46.7 Å². The van der Waals surface area contributed by atoms with Crippen LogP contribution in [0.4, 0.5) is 10.1 Å². The van der Waals surface area contributed by atoms with Crippen molar-refractivity contribution in [2.75, 3.05) is 5.73 Å². The van der Waals surface area contributed by atoms with Crippen molar-refractivity contribution in [3.05, 3.63) is 21.4 Å². The zero-order valence-corrected chi connectivity index (χ0v) is 14.9. The molecule has 0 aliphatic heterocycles. The molecule has 1 unspecified atom stereocenters. The van der Waals surface area contributed by atoms with Crippen LogP contribution in [0.15, 0.2) is 15.4 Å². The van der Waals surface area contributed by atoms with Gasteiger partial charge in [-0.15, -0.1) is 0 Å². The molecule has 0 radical (unpaired) electrons. The molecule has 0 bridgehead atoms. The van der Waals surface area contributed by atoms with Gasteiger partial charge in [-0.3, -0.25) is 0 Å². The Hall–Kier alpha value is -0.370. The third-order valence-electron chi connectivity index (χ3n) is 3.74. The lowest BCUT2D eigenvalue weighted by Crippen LogP contribution is -2.34. The minimum atomic E-state index is -4.00. The Bertz CT molecular complexity index is 679. The van der Waals surface area contributed by atoms with E-state index in [-0.39, 0.29) is 26.6 Å². The molecule has 1 fully saturated rings. The molecule has 0 spiro atoms. The number of sulfonamides is 1. The van der Waals surface area contributed by atoms with E-state index in [4.69, 9.17) is 17.3 Å². The molecular weight excluding hydrogens is 383 g/mol. The van der Waals surface area contributed by atoms with Gasteiger partial charge in [0.1, 0.15) is 4.90 Å². The number of hydrogen-bond donors (Lipinski definition) is 2. The minimum Gasteiger partial charge on any atom is -0.395 e. The van der Waals surface area contributed by atoms with E-state index in [9.17, 15) is 12.8 Å². The van der Waals surface area contributed by atoms with Crippen LogP contribution in [0.3, 0.4) is 0 Å². The number of nitrogen functional groups attached to an aromatic ring is 1. The molecule has 3 N–H and O–H groups in total. The predicted molar refractivity (Wildman–Crippen MR) is 85.3 cm³/mol. The summed E-state index contributed by atoms with van der Waals surface area (Å²) < 4.78 is 41.5. The number of nitrogens with one attached hydrogen (secondary N) is 1. The zero-order valence-electron chi connectivity index (χ0n) is 11.7. The Labute approximate surface area is 137 Å². The summed E-state index contributed by atoms with van der Waals surface area (Å²) in [6, 6.07) is 0.868. The van der Waals surface area contributed by atoms with Crippen LogP contribution in [-0.4, -0.2) is 14.5 Å². The standard InChI is InChI=1S/C13H17BrClFN2O2S/c1-13(2)4-3-7(6-13)18-21(19,20)9-5-8(15)10(14)12(17)11(9)16/h5,7,18H,3-4,6,17H2,1-2H3. The maximum Gasteiger partial charge on any atom is 0.243 e. The maximum atomic E-state index is 14.1. The second-order valence-corrected chi connectivity index (χ2v) is 9.01. The molecule has 118 valence electrons. The van der Waals surface area contributed by atoms with Gasteiger partial charge in [0.25, 0.3) is 0 Å². The second-order valence-electron chi connectivity index (χ2n) is 6.12. The summed E-state index contributed by atoms with van der Waals surface area (Å²) in [5.41, 5.74) is 5.31. The molecule has 0 aromatic heterocycles. The van der Waals surface area contributed by atoms with Gasteiger partial charge in [-0.1, -0.05) is 25.4 Å². The molecule has 0 heterocycles. The largest absolute Gasteiger partial charge is 0.395 e. The molecule has 8 heteroatoms. The third-order valence-corrected chi connectivity index (χ3v) is 6.64. The van der Waals surface area contributed by atoms with E-state index in [2.05, 4.69) is 34.5 Å². The highest BCUT2D eigenvalue weighted by atomic mass is 79.9. The topological polar surface area (TPSA) is 72.2 Å². The number of nitrogens with two attached hydrogens (primary N) is 1. The third kappa shape index (κ3) is 3.52. The van der Waals surface area contributed by atoms with E-state index in [1.165, 1.54) is 0 Å². The predicted octanol–water partition coefficient (Wildman–Crippen LogP) is 3.68. The van der Waals surface area contributed by atoms with Crippen LogP contribution in [0, 0.1) is 11.2 Å². The summed E-state index contributed by atoms with van der Waals surface area (Å²) in [5, 5.41) is 0.0565. The summed E-state index contributed by atoms with van der Waals surface area (Å²) in [5.74, 6) is -0.990. The molecule has 1 aromatic rings. The van der Waals surface area contributed by atoms with E-state index in [1.54, 1.807) is 0 Å². The molecule has 1 saturated carbocycles.